The van der Waals surface area contributed by atoms with Gasteiger partial charge in [-0.3, -0.25) is 9.79 Å². The summed E-state index contributed by atoms with van der Waals surface area (Å²) in [5.41, 5.74) is 7.59. The minimum absolute atomic E-state index is 0.0393. The van der Waals surface area contributed by atoms with Crippen molar-refractivity contribution in [1.29, 1.82) is 0 Å². The minimum atomic E-state index is -4.05. The van der Waals surface area contributed by atoms with Crippen LogP contribution in [0.15, 0.2) is 9.89 Å². The first-order chi connectivity index (χ1) is 18.8. The van der Waals surface area contributed by atoms with Crippen LogP contribution in [0.3, 0.4) is 0 Å². The summed E-state index contributed by atoms with van der Waals surface area (Å²) in [5.74, 6) is -0.135. The second-order valence-corrected chi connectivity index (χ2v) is 14.2. The number of sulfonamides is 1. The third kappa shape index (κ3) is 8.48. The molecule has 1 aliphatic heterocycles. The van der Waals surface area contributed by atoms with Gasteiger partial charge in [0.2, 0.25) is 5.96 Å². The number of amides is 2. The maximum Gasteiger partial charge on any atom is 0.407 e. The maximum absolute atomic E-state index is 13.4. The molecule has 2 atom stereocenters. The highest BCUT2D eigenvalue weighted by Gasteiger charge is 2.37. The quantitative estimate of drug-likeness (QED) is 0.155. The van der Waals surface area contributed by atoms with Crippen molar-refractivity contribution in [2.24, 2.45) is 10.7 Å². The third-order valence-corrected chi connectivity index (χ3v) is 8.66. The molecule has 1 aromatic rings. The van der Waals surface area contributed by atoms with Crippen molar-refractivity contribution in [1.82, 2.24) is 15.4 Å². The van der Waals surface area contributed by atoms with Gasteiger partial charge < -0.3 is 30.9 Å². The highest BCUT2D eigenvalue weighted by atomic mass is 32.2. The zero-order chi connectivity index (χ0) is 30.9. The Morgan fingerprint density at radius 3 is 2.39 bits per heavy atom. The van der Waals surface area contributed by atoms with E-state index in [1.165, 1.54) is 0 Å². The van der Waals surface area contributed by atoms with Crippen molar-refractivity contribution in [2.75, 3.05) is 6.54 Å². The molecule has 0 aromatic heterocycles. The molecule has 41 heavy (non-hydrogen) atoms. The Hall–Kier alpha value is -3.06. The van der Waals surface area contributed by atoms with Crippen LogP contribution in [0.25, 0.3) is 0 Å². The van der Waals surface area contributed by atoms with Gasteiger partial charge >= 0.3 is 6.09 Å². The number of aliphatic hydroxyl groups is 1. The number of nitrogens with two attached hydrogens (primary N) is 1. The number of hydrogen-bond acceptors (Lipinski definition) is 8. The predicted octanol–water partition coefficient (Wildman–Crippen LogP) is 2.23. The van der Waals surface area contributed by atoms with Crippen LogP contribution >= 0.6 is 0 Å². The number of carbonyl (C=O) groups excluding carboxylic acids is 2. The van der Waals surface area contributed by atoms with E-state index < -0.39 is 45.4 Å². The lowest BCUT2D eigenvalue weighted by Gasteiger charge is -2.26. The van der Waals surface area contributed by atoms with Crippen molar-refractivity contribution < 1.29 is 32.6 Å². The van der Waals surface area contributed by atoms with E-state index in [9.17, 15) is 23.1 Å². The molecule has 0 saturated heterocycles. The Bertz CT molecular complexity index is 1310. The second kappa shape index (κ2) is 12.0. The van der Waals surface area contributed by atoms with Gasteiger partial charge in [-0.15, -0.1) is 0 Å². The fraction of sp³-hybridized carbons (Fsp3) is 0.679. The average molecular weight is 596 g/mol. The highest BCUT2D eigenvalue weighted by Crippen LogP contribution is 2.43. The standard InChI is InChI=1S/C28H45N5O7S/c1-15-16(2)23(17(3)19-14-28(7,8)39-22(15)19)41(37,38)33-25(29)30-13-9-10-20(32-26(36)40-27(4,5)6)21(34)24(35)31-18-11-12-18/h18,20-21,34H,9-14H2,1-8H3,(H,31,35)(H,32,36)(H3,29,30,33)/t20-,21?/m0/s1. The second-order valence-electron chi connectivity index (χ2n) is 12.5. The van der Waals surface area contributed by atoms with Crippen LogP contribution in [-0.2, 0) is 26.0 Å². The lowest BCUT2D eigenvalue weighted by Crippen LogP contribution is -2.52. The largest absolute Gasteiger partial charge is 0.487 e. The molecule has 2 amide bonds. The smallest absolute Gasteiger partial charge is 0.407 e. The first-order valence-electron chi connectivity index (χ1n) is 13.9. The Labute approximate surface area is 242 Å². The number of alkyl carbamates (subject to hydrolysis) is 1. The van der Waals surface area contributed by atoms with Crippen LogP contribution in [0.5, 0.6) is 5.75 Å². The normalized spacial score (nSPS) is 18.1. The summed E-state index contributed by atoms with van der Waals surface area (Å²) < 4.78 is 40.5. The van der Waals surface area contributed by atoms with Crippen LogP contribution in [0.1, 0.15) is 82.6 Å². The summed E-state index contributed by atoms with van der Waals surface area (Å²) in [5, 5.41) is 15.9. The van der Waals surface area contributed by atoms with Gasteiger partial charge in [-0.2, -0.15) is 0 Å². The Morgan fingerprint density at radius 2 is 1.80 bits per heavy atom. The average Bonchev–Trinajstić information content (AvgIpc) is 3.57. The highest BCUT2D eigenvalue weighted by molar-refractivity contribution is 7.90. The number of hydrogen-bond donors (Lipinski definition) is 5. The molecule has 2 aliphatic rings. The summed E-state index contributed by atoms with van der Waals surface area (Å²) in [7, 11) is -4.05. The van der Waals surface area contributed by atoms with E-state index in [-0.39, 0.29) is 29.9 Å². The molecule has 1 aromatic carbocycles. The molecule has 3 rings (SSSR count). The van der Waals surface area contributed by atoms with E-state index in [0.717, 1.165) is 29.7 Å². The third-order valence-electron chi connectivity index (χ3n) is 7.03. The molecule has 1 unspecified atom stereocenters. The number of benzene rings is 1. The Morgan fingerprint density at radius 1 is 1.17 bits per heavy atom. The molecular formula is C28H45N5O7S. The fourth-order valence-corrected chi connectivity index (χ4v) is 6.37. The minimum Gasteiger partial charge on any atom is -0.487 e. The van der Waals surface area contributed by atoms with Crippen LogP contribution in [0.2, 0.25) is 0 Å². The first-order valence-corrected chi connectivity index (χ1v) is 15.4. The van der Waals surface area contributed by atoms with Gasteiger partial charge in [0.25, 0.3) is 15.9 Å². The van der Waals surface area contributed by atoms with Crippen LogP contribution < -0.4 is 25.8 Å². The number of ether oxygens (including phenoxy) is 2. The number of fused-ring (bicyclic) bond motifs is 1. The molecule has 13 heteroatoms. The van der Waals surface area contributed by atoms with Gasteiger partial charge in [-0.1, -0.05) is 0 Å². The molecule has 1 aliphatic carbocycles. The zero-order valence-corrected chi connectivity index (χ0v) is 26.1. The van der Waals surface area contributed by atoms with E-state index in [4.69, 9.17) is 15.2 Å². The zero-order valence-electron chi connectivity index (χ0n) is 25.3. The van der Waals surface area contributed by atoms with E-state index >= 15 is 0 Å². The number of nitrogens with one attached hydrogen (secondary N) is 3. The first kappa shape index (κ1) is 32.5. The van der Waals surface area contributed by atoms with Gasteiger partial charge in [-0.05, 0) is 97.8 Å². The van der Waals surface area contributed by atoms with Crippen molar-refractivity contribution in [3.05, 3.63) is 22.3 Å². The summed E-state index contributed by atoms with van der Waals surface area (Å²) in [4.78, 5) is 29.1. The van der Waals surface area contributed by atoms with Crippen molar-refractivity contribution in [3.63, 3.8) is 0 Å². The summed E-state index contributed by atoms with van der Waals surface area (Å²) in [6.45, 7) is 14.5. The molecule has 12 nitrogen and oxygen atoms in total. The summed E-state index contributed by atoms with van der Waals surface area (Å²) >= 11 is 0. The molecule has 0 spiro atoms. The topological polar surface area (TPSA) is 181 Å². The molecule has 1 saturated carbocycles. The van der Waals surface area contributed by atoms with E-state index in [0.29, 0.717) is 24.0 Å². The van der Waals surface area contributed by atoms with Crippen molar-refractivity contribution in [2.45, 2.75) is 122 Å². The van der Waals surface area contributed by atoms with E-state index in [1.54, 1.807) is 34.6 Å². The van der Waals surface area contributed by atoms with Crippen LogP contribution in [0.4, 0.5) is 4.79 Å². The Balaban J connectivity index is 1.67. The molecule has 1 heterocycles. The summed E-state index contributed by atoms with van der Waals surface area (Å²) in [6.07, 6.45) is 0.487. The maximum atomic E-state index is 13.4. The van der Waals surface area contributed by atoms with Gasteiger partial charge in [0.05, 0.1) is 10.9 Å². The molecule has 1 fully saturated rings. The monoisotopic (exact) mass is 595 g/mol. The van der Waals surface area contributed by atoms with Gasteiger partial charge in [0.1, 0.15) is 17.0 Å². The lowest BCUT2D eigenvalue weighted by atomic mass is 9.94. The van der Waals surface area contributed by atoms with Crippen LogP contribution in [0, 0.1) is 20.8 Å². The number of guanidine groups is 1. The molecular weight excluding hydrogens is 550 g/mol. The number of aliphatic imine (C=N–C) groups is 1. The van der Waals surface area contributed by atoms with Crippen molar-refractivity contribution in [3.8, 4) is 5.75 Å². The number of rotatable bonds is 10. The molecule has 0 radical (unpaired) electrons. The van der Waals surface area contributed by atoms with Gasteiger partial charge in [0.15, 0.2) is 6.10 Å². The number of carbonyl (C=O) groups is 2. The van der Waals surface area contributed by atoms with Gasteiger partial charge in [-0.25, -0.2) is 17.9 Å². The van der Waals surface area contributed by atoms with Crippen molar-refractivity contribution >= 4 is 28.0 Å². The molecule has 6 N–H and O–H groups in total. The fourth-order valence-electron chi connectivity index (χ4n) is 4.84. The van der Waals surface area contributed by atoms with Gasteiger partial charge in [0, 0.05) is 24.6 Å². The number of aliphatic hydroxyl groups excluding tert-OH is 1. The summed E-state index contributed by atoms with van der Waals surface area (Å²) in [6, 6.07) is -0.902. The Kier molecular flexibility index (Phi) is 9.53. The predicted molar refractivity (Wildman–Crippen MR) is 155 cm³/mol. The van der Waals surface area contributed by atoms with E-state index in [1.807, 2.05) is 20.8 Å². The molecule has 230 valence electrons. The SMILES string of the molecule is Cc1c(C)c(S(=O)(=O)NC(N)=NCCC[C@H](NC(=O)OC(C)(C)C)C(O)C(=O)NC2CC2)c(C)c2c1OC(C)(C)C2. The number of nitrogens with zero attached hydrogens (tertiary/aromatic N) is 1. The molecule has 0 bridgehead atoms. The van der Waals surface area contributed by atoms with E-state index in [2.05, 4.69) is 20.3 Å². The lowest BCUT2D eigenvalue weighted by molar-refractivity contribution is -0.131. The van der Waals surface area contributed by atoms with Crippen LogP contribution in [-0.4, -0.2) is 67.4 Å².